The number of hydrogen-bond acceptors (Lipinski definition) is 7. The highest BCUT2D eigenvalue weighted by atomic mass is 32.2. The number of nitrogens with zero attached hydrogens (tertiary/aromatic N) is 5. The smallest absolute Gasteiger partial charge is 0.263 e. The maximum absolute atomic E-state index is 12.6. The van der Waals surface area contributed by atoms with Crippen LogP contribution in [-0.2, 0) is 22.9 Å². The number of H-pyrrole nitrogens is 1. The Hall–Kier alpha value is -2.82. The van der Waals surface area contributed by atoms with Crippen molar-refractivity contribution < 1.29 is 8.42 Å². The number of aryl methyl sites for hydroxylation is 2. The van der Waals surface area contributed by atoms with Crippen molar-refractivity contribution in [2.24, 2.45) is 0 Å². The molecular weight excluding hydrogens is 382 g/mol. The van der Waals surface area contributed by atoms with Gasteiger partial charge in [0.05, 0.1) is 22.7 Å². The Morgan fingerprint density at radius 1 is 1.21 bits per heavy atom. The molecule has 1 saturated heterocycles. The molecule has 3 N–H and O–H groups in total. The van der Waals surface area contributed by atoms with E-state index >= 15 is 0 Å². The summed E-state index contributed by atoms with van der Waals surface area (Å²) in [5.74, 6) is 1.31. The van der Waals surface area contributed by atoms with Crippen LogP contribution in [0.4, 0.5) is 11.6 Å². The molecule has 11 heteroatoms. The number of nitrogens with one attached hydrogen (secondary N) is 1. The van der Waals surface area contributed by atoms with Crippen molar-refractivity contribution >= 4 is 32.4 Å². The van der Waals surface area contributed by atoms with Crippen LogP contribution < -0.4 is 16.2 Å². The zero-order valence-corrected chi connectivity index (χ0v) is 16.7. The van der Waals surface area contributed by atoms with Gasteiger partial charge < -0.3 is 15.2 Å². The van der Waals surface area contributed by atoms with Crippen molar-refractivity contribution in [3.05, 3.63) is 22.6 Å². The van der Waals surface area contributed by atoms with Gasteiger partial charge in [-0.3, -0.25) is 9.89 Å². The molecule has 0 saturated carbocycles. The van der Waals surface area contributed by atoms with E-state index in [2.05, 4.69) is 10.2 Å². The van der Waals surface area contributed by atoms with Gasteiger partial charge in [0.1, 0.15) is 11.2 Å². The molecule has 0 aromatic carbocycles. The number of aromatic amines is 1. The summed E-state index contributed by atoms with van der Waals surface area (Å²) in [4.78, 5) is 14.6. The molecule has 28 heavy (non-hydrogen) atoms. The van der Waals surface area contributed by atoms with Crippen molar-refractivity contribution in [1.82, 2.24) is 24.5 Å². The van der Waals surface area contributed by atoms with Gasteiger partial charge in [-0.2, -0.15) is 10.2 Å². The van der Waals surface area contributed by atoms with Crippen LogP contribution in [0.15, 0.2) is 17.1 Å². The van der Waals surface area contributed by atoms with Crippen LogP contribution in [0.2, 0.25) is 0 Å². The summed E-state index contributed by atoms with van der Waals surface area (Å²) in [6, 6.07) is 1.93. The highest BCUT2D eigenvalue weighted by Crippen LogP contribution is 2.30. The van der Waals surface area contributed by atoms with Gasteiger partial charge in [0.25, 0.3) is 5.56 Å². The van der Waals surface area contributed by atoms with E-state index in [1.165, 1.54) is 0 Å². The molecule has 4 heterocycles. The van der Waals surface area contributed by atoms with E-state index < -0.39 is 9.84 Å². The van der Waals surface area contributed by atoms with Crippen LogP contribution in [0.25, 0.3) is 22.2 Å². The summed E-state index contributed by atoms with van der Waals surface area (Å²) < 4.78 is 26.9. The Morgan fingerprint density at radius 2 is 1.93 bits per heavy atom. The molecule has 0 spiro atoms. The molecule has 10 nitrogen and oxygen atoms in total. The Kier molecular flexibility index (Phi) is 4.41. The van der Waals surface area contributed by atoms with Gasteiger partial charge in [-0.05, 0) is 13.8 Å². The van der Waals surface area contributed by atoms with Gasteiger partial charge in [0.2, 0.25) is 0 Å². The maximum Gasteiger partial charge on any atom is 0.263 e. The summed E-state index contributed by atoms with van der Waals surface area (Å²) in [5, 5.41) is 11.9. The minimum absolute atomic E-state index is 0.138. The summed E-state index contributed by atoms with van der Waals surface area (Å²) in [7, 11) is -2.96. The first kappa shape index (κ1) is 18.5. The lowest BCUT2D eigenvalue weighted by Crippen LogP contribution is -2.41. The SMILES string of the molecule is CCn1nc(-c2cn(CC)c(=O)c3c(N)n[nH]c23)cc1N1CCS(=O)(=O)CC1. The number of sulfone groups is 1. The van der Waals surface area contributed by atoms with E-state index in [9.17, 15) is 13.2 Å². The van der Waals surface area contributed by atoms with Crippen LogP contribution in [0.5, 0.6) is 0 Å². The molecule has 3 aromatic rings. The van der Waals surface area contributed by atoms with E-state index in [0.717, 1.165) is 11.4 Å². The third-order valence-corrected chi connectivity index (χ3v) is 6.78. The van der Waals surface area contributed by atoms with Crippen molar-refractivity contribution in [2.45, 2.75) is 26.9 Å². The molecule has 1 aliphatic rings. The molecule has 1 fully saturated rings. The van der Waals surface area contributed by atoms with Crippen LogP contribution in [0.3, 0.4) is 0 Å². The number of nitrogens with two attached hydrogens (primary N) is 1. The third kappa shape index (κ3) is 2.95. The molecule has 0 bridgehead atoms. The van der Waals surface area contributed by atoms with E-state index in [1.54, 1.807) is 10.8 Å². The van der Waals surface area contributed by atoms with Crippen molar-refractivity contribution in [3.8, 4) is 11.3 Å². The first-order valence-electron chi connectivity index (χ1n) is 9.25. The molecular formula is C17H23N7O3S. The van der Waals surface area contributed by atoms with Gasteiger partial charge in [0.15, 0.2) is 15.7 Å². The number of pyridine rings is 1. The van der Waals surface area contributed by atoms with Crippen LogP contribution >= 0.6 is 0 Å². The predicted octanol–water partition coefficient (Wildman–Crippen LogP) is 0.445. The van der Waals surface area contributed by atoms with Crippen LogP contribution in [0, 0.1) is 0 Å². The van der Waals surface area contributed by atoms with Crippen molar-refractivity contribution in [3.63, 3.8) is 0 Å². The molecule has 0 aliphatic carbocycles. The summed E-state index contributed by atoms with van der Waals surface area (Å²) in [6.45, 7) is 5.88. The summed E-state index contributed by atoms with van der Waals surface area (Å²) in [5.41, 5.74) is 7.69. The predicted molar refractivity (Wildman–Crippen MR) is 108 cm³/mol. The molecule has 4 rings (SSSR count). The topological polar surface area (TPSA) is 132 Å². The van der Waals surface area contributed by atoms with E-state index in [-0.39, 0.29) is 22.9 Å². The number of anilines is 2. The first-order chi connectivity index (χ1) is 13.3. The highest BCUT2D eigenvalue weighted by Gasteiger charge is 2.25. The molecule has 0 atom stereocenters. The zero-order valence-electron chi connectivity index (χ0n) is 15.8. The number of hydrogen-bond donors (Lipinski definition) is 2. The zero-order chi connectivity index (χ0) is 20.1. The van der Waals surface area contributed by atoms with Gasteiger partial charge in [0, 0.05) is 44.0 Å². The molecule has 1 aliphatic heterocycles. The van der Waals surface area contributed by atoms with Crippen LogP contribution in [-0.4, -0.2) is 57.6 Å². The molecule has 0 amide bonds. The Labute approximate surface area is 161 Å². The summed E-state index contributed by atoms with van der Waals surface area (Å²) >= 11 is 0. The second-order valence-electron chi connectivity index (χ2n) is 6.84. The molecule has 3 aromatic heterocycles. The number of rotatable bonds is 4. The fourth-order valence-electron chi connectivity index (χ4n) is 3.59. The minimum Gasteiger partial charge on any atom is -0.382 e. The normalized spacial score (nSPS) is 16.7. The van der Waals surface area contributed by atoms with Crippen LogP contribution in [0.1, 0.15) is 13.8 Å². The second kappa shape index (κ2) is 6.66. The standard InChI is InChI=1S/C17H23N7O3S/c1-3-22-10-11(15-14(17(22)25)16(18)20-19-15)12-9-13(24(4-2)21-12)23-5-7-28(26,27)8-6-23/h9-10H,3-8H2,1-2H3,(H3,18,19,20). The fraction of sp³-hybridized carbons (Fsp3) is 0.471. The van der Waals surface area contributed by atoms with Gasteiger partial charge in [-0.15, -0.1) is 0 Å². The number of nitrogen functional groups attached to an aromatic ring is 1. The Bertz CT molecular complexity index is 1190. The number of fused-ring (bicyclic) bond motifs is 1. The number of aromatic nitrogens is 5. The minimum atomic E-state index is -2.96. The average molecular weight is 405 g/mol. The largest absolute Gasteiger partial charge is 0.382 e. The second-order valence-corrected chi connectivity index (χ2v) is 9.14. The van der Waals surface area contributed by atoms with E-state index in [1.807, 2.05) is 29.5 Å². The van der Waals surface area contributed by atoms with Gasteiger partial charge >= 0.3 is 0 Å². The summed E-state index contributed by atoms with van der Waals surface area (Å²) in [6.07, 6.45) is 1.76. The lowest BCUT2D eigenvalue weighted by molar-refractivity contribution is 0.581. The van der Waals surface area contributed by atoms with Crippen molar-refractivity contribution in [2.75, 3.05) is 35.2 Å². The maximum atomic E-state index is 12.6. The molecule has 0 radical (unpaired) electrons. The lowest BCUT2D eigenvalue weighted by Gasteiger charge is -2.28. The van der Waals surface area contributed by atoms with E-state index in [0.29, 0.717) is 42.8 Å². The highest BCUT2D eigenvalue weighted by molar-refractivity contribution is 7.91. The van der Waals surface area contributed by atoms with Gasteiger partial charge in [-0.1, -0.05) is 0 Å². The van der Waals surface area contributed by atoms with Crippen molar-refractivity contribution in [1.29, 1.82) is 0 Å². The Balaban J connectivity index is 1.84. The quantitative estimate of drug-likeness (QED) is 0.644. The molecule has 150 valence electrons. The Morgan fingerprint density at radius 3 is 2.57 bits per heavy atom. The fourth-order valence-corrected chi connectivity index (χ4v) is 4.79. The molecule has 0 unspecified atom stereocenters. The monoisotopic (exact) mass is 405 g/mol. The first-order valence-corrected chi connectivity index (χ1v) is 11.1. The van der Waals surface area contributed by atoms with E-state index in [4.69, 9.17) is 10.8 Å². The third-order valence-electron chi connectivity index (χ3n) is 5.17. The average Bonchev–Trinajstić information content (AvgIpc) is 3.26. The van der Waals surface area contributed by atoms with Gasteiger partial charge in [-0.25, -0.2) is 13.1 Å². The lowest BCUT2D eigenvalue weighted by atomic mass is 10.1.